The van der Waals surface area contributed by atoms with E-state index in [-0.39, 0.29) is 13.3 Å². The van der Waals surface area contributed by atoms with Crippen LogP contribution in [-0.4, -0.2) is 11.1 Å². The molecular weight excluding hydrogens is 332 g/mol. The highest BCUT2D eigenvalue weighted by molar-refractivity contribution is 5.69. The SMILES string of the molecule is C.CCCCCCCCCCCCC(CCCCCCCCCC)C(=O)O. The Morgan fingerprint density at radius 1 is 0.556 bits per heavy atom. The minimum atomic E-state index is -0.566. The standard InChI is InChI=1S/C24H48O2.CH4/c1-3-5-7-9-11-13-14-16-18-20-22-23(24(25)26)21-19-17-15-12-10-8-6-4-2;/h23H,3-22H2,1-2H3,(H,25,26);1H4. The second-order valence-corrected chi connectivity index (χ2v) is 8.27. The molecule has 0 heterocycles. The molecule has 0 saturated heterocycles. The largest absolute Gasteiger partial charge is 0.481 e. The van der Waals surface area contributed by atoms with E-state index >= 15 is 0 Å². The third kappa shape index (κ3) is 21.6. The predicted octanol–water partition coefficient (Wildman–Crippen LogP) is 9.17. The van der Waals surface area contributed by atoms with Crippen molar-refractivity contribution in [2.75, 3.05) is 0 Å². The van der Waals surface area contributed by atoms with Gasteiger partial charge in [0.1, 0.15) is 0 Å². The molecule has 164 valence electrons. The molecule has 0 amide bonds. The molecule has 1 N–H and O–H groups in total. The number of carbonyl (C=O) groups is 1. The van der Waals surface area contributed by atoms with Gasteiger partial charge in [-0.15, -0.1) is 0 Å². The number of unbranched alkanes of at least 4 members (excludes halogenated alkanes) is 16. The van der Waals surface area contributed by atoms with Crippen LogP contribution in [0.2, 0.25) is 0 Å². The summed E-state index contributed by atoms with van der Waals surface area (Å²) in [5, 5.41) is 9.42. The van der Waals surface area contributed by atoms with Crippen molar-refractivity contribution in [1.29, 1.82) is 0 Å². The van der Waals surface area contributed by atoms with Gasteiger partial charge in [-0.3, -0.25) is 4.79 Å². The second kappa shape index (κ2) is 23.5. The van der Waals surface area contributed by atoms with Gasteiger partial charge in [0.2, 0.25) is 0 Å². The monoisotopic (exact) mass is 384 g/mol. The molecule has 1 unspecified atom stereocenters. The molecule has 0 aliphatic rings. The molecule has 27 heavy (non-hydrogen) atoms. The first-order chi connectivity index (χ1) is 12.7. The molecule has 0 aromatic heterocycles. The molecule has 1 atom stereocenters. The smallest absolute Gasteiger partial charge is 0.306 e. The van der Waals surface area contributed by atoms with Gasteiger partial charge < -0.3 is 5.11 Å². The summed E-state index contributed by atoms with van der Waals surface area (Å²) in [6.07, 6.45) is 25.3. The van der Waals surface area contributed by atoms with Gasteiger partial charge >= 0.3 is 5.97 Å². The minimum Gasteiger partial charge on any atom is -0.481 e. The van der Waals surface area contributed by atoms with Gasteiger partial charge in [-0.2, -0.15) is 0 Å². The Labute approximate surface area is 171 Å². The van der Waals surface area contributed by atoms with E-state index in [0.717, 1.165) is 25.7 Å². The molecule has 0 aromatic carbocycles. The molecule has 0 aliphatic carbocycles. The molecule has 0 aromatic rings. The van der Waals surface area contributed by atoms with E-state index in [1.54, 1.807) is 0 Å². The van der Waals surface area contributed by atoms with Gasteiger partial charge in [-0.25, -0.2) is 0 Å². The maximum atomic E-state index is 11.4. The van der Waals surface area contributed by atoms with Crippen molar-refractivity contribution in [1.82, 2.24) is 0 Å². The quantitative estimate of drug-likeness (QED) is 0.200. The summed E-state index contributed by atoms with van der Waals surface area (Å²) in [7, 11) is 0. The molecule has 0 bridgehead atoms. The first-order valence-electron chi connectivity index (χ1n) is 11.9. The highest BCUT2D eigenvalue weighted by atomic mass is 16.4. The molecule has 0 radical (unpaired) electrons. The van der Waals surface area contributed by atoms with Crippen molar-refractivity contribution in [3.63, 3.8) is 0 Å². The molecular formula is C25H52O2. The van der Waals surface area contributed by atoms with Gasteiger partial charge in [0.05, 0.1) is 5.92 Å². The topological polar surface area (TPSA) is 37.3 Å². The molecule has 2 heteroatoms. The van der Waals surface area contributed by atoms with Crippen LogP contribution in [0.15, 0.2) is 0 Å². The lowest BCUT2D eigenvalue weighted by Crippen LogP contribution is -2.13. The average Bonchev–Trinajstić information content (AvgIpc) is 2.63. The molecule has 0 fully saturated rings. The predicted molar refractivity (Wildman–Crippen MR) is 122 cm³/mol. The van der Waals surface area contributed by atoms with Crippen LogP contribution in [0, 0.1) is 5.92 Å². The normalized spacial score (nSPS) is 11.9. The first-order valence-corrected chi connectivity index (χ1v) is 11.9. The Balaban J connectivity index is 0. The highest BCUT2D eigenvalue weighted by Crippen LogP contribution is 2.20. The molecule has 0 rings (SSSR count). The van der Waals surface area contributed by atoms with Crippen molar-refractivity contribution in [3.05, 3.63) is 0 Å². The summed E-state index contributed by atoms with van der Waals surface area (Å²) in [5.41, 5.74) is 0. The van der Waals surface area contributed by atoms with Crippen LogP contribution >= 0.6 is 0 Å². The van der Waals surface area contributed by atoms with E-state index in [1.807, 2.05) is 0 Å². The highest BCUT2D eigenvalue weighted by Gasteiger charge is 2.16. The maximum absolute atomic E-state index is 11.4. The summed E-state index contributed by atoms with van der Waals surface area (Å²) in [6.45, 7) is 4.51. The van der Waals surface area contributed by atoms with Crippen molar-refractivity contribution in [2.24, 2.45) is 5.92 Å². The Kier molecular flexibility index (Phi) is 25.0. The number of carboxylic acid groups (broad SMARTS) is 1. The first kappa shape index (κ1) is 28.7. The molecule has 2 nitrogen and oxygen atoms in total. The van der Waals surface area contributed by atoms with Crippen LogP contribution < -0.4 is 0 Å². The van der Waals surface area contributed by atoms with Crippen LogP contribution in [0.4, 0.5) is 0 Å². The average molecular weight is 385 g/mol. The lowest BCUT2D eigenvalue weighted by Gasteiger charge is -2.12. The fourth-order valence-corrected chi connectivity index (χ4v) is 3.79. The van der Waals surface area contributed by atoms with Crippen LogP contribution in [-0.2, 0) is 4.79 Å². The van der Waals surface area contributed by atoms with Gasteiger partial charge in [0.15, 0.2) is 0 Å². The summed E-state index contributed by atoms with van der Waals surface area (Å²) in [4.78, 5) is 11.4. The zero-order valence-corrected chi connectivity index (χ0v) is 18.1. The second-order valence-electron chi connectivity index (χ2n) is 8.27. The Hall–Kier alpha value is -0.530. The van der Waals surface area contributed by atoms with E-state index < -0.39 is 5.97 Å². The summed E-state index contributed by atoms with van der Waals surface area (Å²) in [6, 6.07) is 0. The van der Waals surface area contributed by atoms with Gasteiger partial charge in [-0.1, -0.05) is 137 Å². The number of hydrogen-bond donors (Lipinski definition) is 1. The van der Waals surface area contributed by atoms with E-state index in [1.165, 1.54) is 103 Å². The maximum Gasteiger partial charge on any atom is 0.306 e. The lowest BCUT2D eigenvalue weighted by atomic mass is 9.94. The Morgan fingerprint density at radius 2 is 0.815 bits per heavy atom. The number of aliphatic carboxylic acids is 1. The number of rotatable bonds is 21. The zero-order chi connectivity index (χ0) is 19.3. The van der Waals surface area contributed by atoms with Crippen LogP contribution in [0.1, 0.15) is 150 Å². The number of hydrogen-bond acceptors (Lipinski definition) is 1. The Morgan fingerprint density at radius 3 is 1.07 bits per heavy atom. The van der Waals surface area contributed by atoms with Crippen molar-refractivity contribution in [3.8, 4) is 0 Å². The van der Waals surface area contributed by atoms with Crippen molar-refractivity contribution in [2.45, 2.75) is 150 Å². The molecule has 0 aliphatic heterocycles. The van der Waals surface area contributed by atoms with Gasteiger partial charge in [0, 0.05) is 0 Å². The minimum absolute atomic E-state index is 0. The van der Waals surface area contributed by atoms with E-state index in [2.05, 4.69) is 13.8 Å². The van der Waals surface area contributed by atoms with Crippen molar-refractivity contribution >= 4 is 5.97 Å². The van der Waals surface area contributed by atoms with Gasteiger partial charge in [-0.05, 0) is 12.8 Å². The van der Waals surface area contributed by atoms with Gasteiger partial charge in [0.25, 0.3) is 0 Å². The summed E-state index contributed by atoms with van der Waals surface area (Å²) in [5.74, 6) is -0.659. The van der Waals surface area contributed by atoms with Crippen LogP contribution in [0.25, 0.3) is 0 Å². The molecule has 0 spiro atoms. The molecule has 0 saturated carbocycles. The third-order valence-corrected chi connectivity index (χ3v) is 5.66. The summed E-state index contributed by atoms with van der Waals surface area (Å²) >= 11 is 0. The fourth-order valence-electron chi connectivity index (χ4n) is 3.79. The van der Waals surface area contributed by atoms with E-state index in [0.29, 0.717) is 0 Å². The van der Waals surface area contributed by atoms with E-state index in [4.69, 9.17) is 0 Å². The van der Waals surface area contributed by atoms with E-state index in [9.17, 15) is 9.90 Å². The van der Waals surface area contributed by atoms with Crippen LogP contribution in [0.5, 0.6) is 0 Å². The zero-order valence-electron chi connectivity index (χ0n) is 18.1. The fraction of sp³-hybridized carbons (Fsp3) is 0.960. The van der Waals surface area contributed by atoms with Crippen molar-refractivity contribution < 1.29 is 9.90 Å². The Bertz CT molecular complexity index is 288. The van der Waals surface area contributed by atoms with Crippen LogP contribution in [0.3, 0.4) is 0 Å². The third-order valence-electron chi connectivity index (χ3n) is 5.66. The number of carboxylic acids is 1. The summed E-state index contributed by atoms with van der Waals surface area (Å²) < 4.78 is 0. The lowest BCUT2D eigenvalue weighted by molar-refractivity contribution is -0.142.